The summed E-state index contributed by atoms with van der Waals surface area (Å²) < 4.78 is 24.8. The van der Waals surface area contributed by atoms with Crippen molar-refractivity contribution in [2.24, 2.45) is 0 Å². The van der Waals surface area contributed by atoms with Crippen molar-refractivity contribution >= 4 is 38.0 Å². The number of sulfonamides is 1. The molecular formula is C15H14N4O2S2. The maximum absolute atomic E-state index is 11.2. The molecule has 0 radical (unpaired) electrons. The lowest BCUT2D eigenvalue weighted by Crippen LogP contribution is -2.09. The predicted octanol–water partition coefficient (Wildman–Crippen LogP) is 3.32. The van der Waals surface area contributed by atoms with Crippen LogP contribution in [0.15, 0.2) is 54.0 Å². The second-order valence-corrected chi connectivity index (χ2v) is 7.44. The fourth-order valence-corrected chi connectivity index (χ4v) is 3.22. The maximum Gasteiger partial charge on any atom is 0.229 e. The molecule has 0 spiro atoms. The summed E-state index contributed by atoms with van der Waals surface area (Å²) in [5.74, 6) is 0.737. The number of nitrogens with one attached hydrogen (secondary N) is 2. The zero-order valence-corrected chi connectivity index (χ0v) is 13.9. The second kappa shape index (κ2) is 6.35. The quantitative estimate of drug-likeness (QED) is 0.740. The van der Waals surface area contributed by atoms with Gasteiger partial charge in [-0.25, -0.2) is 18.4 Å². The molecule has 1 aromatic carbocycles. The average molecular weight is 346 g/mol. The zero-order valence-electron chi connectivity index (χ0n) is 12.2. The van der Waals surface area contributed by atoms with Gasteiger partial charge in [0.15, 0.2) is 5.13 Å². The zero-order chi connectivity index (χ0) is 16.3. The van der Waals surface area contributed by atoms with Crippen molar-refractivity contribution in [2.45, 2.75) is 0 Å². The molecule has 0 saturated carbocycles. The summed E-state index contributed by atoms with van der Waals surface area (Å²) in [5.41, 5.74) is 2.26. The second-order valence-electron chi connectivity index (χ2n) is 4.83. The van der Waals surface area contributed by atoms with Crippen molar-refractivity contribution in [3.05, 3.63) is 54.0 Å². The monoisotopic (exact) mass is 346 g/mol. The highest BCUT2D eigenvalue weighted by Gasteiger charge is 2.06. The summed E-state index contributed by atoms with van der Waals surface area (Å²) in [4.78, 5) is 8.70. The van der Waals surface area contributed by atoms with Gasteiger partial charge in [-0.3, -0.25) is 4.72 Å². The highest BCUT2D eigenvalue weighted by molar-refractivity contribution is 7.92. The molecule has 0 fully saturated rings. The first-order valence-corrected chi connectivity index (χ1v) is 9.48. The standard InChI is InChI=1S/C15H14N4O2S2/c1-23(20,21)19-12-7-5-11(6-8-12)13-10-22-15(17-13)18-14-4-2-3-9-16-14/h2-10,19H,1H3,(H,16,17,18). The molecule has 0 amide bonds. The van der Waals surface area contributed by atoms with Crippen LogP contribution >= 0.6 is 11.3 Å². The van der Waals surface area contributed by atoms with Crippen LogP contribution in [0.4, 0.5) is 16.6 Å². The fourth-order valence-electron chi connectivity index (χ4n) is 1.93. The number of pyridine rings is 1. The number of nitrogens with zero attached hydrogens (tertiary/aromatic N) is 2. The molecule has 6 nitrogen and oxygen atoms in total. The van der Waals surface area contributed by atoms with Gasteiger partial charge in [0, 0.05) is 22.8 Å². The number of benzene rings is 1. The van der Waals surface area contributed by atoms with Gasteiger partial charge in [0.1, 0.15) is 5.82 Å². The summed E-state index contributed by atoms with van der Waals surface area (Å²) in [6, 6.07) is 12.7. The van der Waals surface area contributed by atoms with E-state index in [1.807, 2.05) is 35.7 Å². The van der Waals surface area contributed by atoms with Crippen LogP contribution in [0.3, 0.4) is 0 Å². The topological polar surface area (TPSA) is 84.0 Å². The molecule has 0 aliphatic carbocycles. The largest absolute Gasteiger partial charge is 0.316 e. The lowest BCUT2D eigenvalue weighted by Gasteiger charge is -2.04. The van der Waals surface area contributed by atoms with Crippen LogP contribution in [0, 0.1) is 0 Å². The van der Waals surface area contributed by atoms with E-state index in [1.165, 1.54) is 11.3 Å². The molecule has 118 valence electrons. The Morgan fingerprint density at radius 2 is 1.87 bits per heavy atom. The molecule has 0 unspecified atom stereocenters. The molecule has 0 saturated heterocycles. The molecule has 8 heteroatoms. The molecule has 3 rings (SSSR count). The molecule has 0 bridgehead atoms. The Hall–Kier alpha value is -2.45. The van der Waals surface area contributed by atoms with Crippen molar-refractivity contribution in [3.8, 4) is 11.3 Å². The van der Waals surface area contributed by atoms with E-state index >= 15 is 0 Å². The van der Waals surface area contributed by atoms with E-state index in [2.05, 4.69) is 20.0 Å². The summed E-state index contributed by atoms with van der Waals surface area (Å²) in [5, 5.41) is 5.82. The van der Waals surface area contributed by atoms with Gasteiger partial charge in [0.2, 0.25) is 10.0 Å². The van der Waals surface area contributed by atoms with E-state index in [9.17, 15) is 8.42 Å². The maximum atomic E-state index is 11.2. The van der Waals surface area contributed by atoms with E-state index < -0.39 is 10.0 Å². The van der Waals surface area contributed by atoms with E-state index in [-0.39, 0.29) is 0 Å². The first-order valence-electron chi connectivity index (χ1n) is 6.71. The van der Waals surface area contributed by atoms with Gasteiger partial charge in [0.05, 0.1) is 11.9 Å². The lowest BCUT2D eigenvalue weighted by molar-refractivity contribution is 0.607. The number of hydrogen-bond acceptors (Lipinski definition) is 6. The van der Waals surface area contributed by atoms with Crippen LogP contribution in [-0.2, 0) is 10.0 Å². The van der Waals surface area contributed by atoms with E-state index in [0.29, 0.717) is 5.69 Å². The lowest BCUT2D eigenvalue weighted by atomic mass is 10.1. The Bertz CT molecular complexity index is 891. The molecule has 3 aromatic rings. The average Bonchev–Trinajstić information content (AvgIpc) is 2.96. The molecule has 0 atom stereocenters. The Morgan fingerprint density at radius 1 is 1.09 bits per heavy atom. The third-order valence-corrected chi connectivity index (χ3v) is 4.25. The summed E-state index contributed by atoms with van der Waals surface area (Å²) >= 11 is 1.48. The van der Waals surface area contributed by atoms with Crippen LogP contribution in [0.25, 0.3) is 11.3 Å². The molecule has 0 aliphatic heterocycles. The minimum Gasteiger partial charge on any atom is -0.316 e. The van der Waals surface area contributed by atoms with Gasteiger partial charge in [-0.05, 0) is 24.3 Å². The van der Waals surface area contributed by atoms with Crippen LogP contribution in [0.2, 0.25) is 0 Å². The Kier molecular flexibility index (Phi) is 4.26. The smallest absolute Gasteiger partial charge is 0.229 e. The Labute approximate surface area is 138 Å². The molecule has 0 aliphatic rings. The Morgan fingerprint density at radius 3 is 2.52 bits per heavy atom. The first kappa shape index (κ1) is 15.4. The number of hydrogen-bond donors (Lipinski definition) is 2. The molecule has 23 heavy (non-hydrogen) atoms. The van der Waals surface area contributed by atoms with Crippen LogP contribution in [-0.4, -0.2) is 24.6 Å². The first-order chi connectivity index (χ1) is 11.0. The van der Waals surface area contributed by atoms with Gasteiger partial charge in [-0.2, -0.15) is 0 Å². The Balaban J connectivity index is 1.75. The summed E-state index contributed by atoms with van der Waals surface area (Å²) in [6.07, 6.45) is 2.83. The van der Waals surface area contributed by atoms with Gasteiger partial charge in [-0.15, -0.1) is 11.3 Å². The van der Waals surface area contributed by atoms with Crippen LogP contribution in [0.1, 0.15) is 0 Å². The van der Waals surface area contributed by atoms with Gasteiger partial charge in [-0.1, -0.05) is 18.2 Å². The van der Waals surface area contributed by atoms with Crippen molar-refractivity contribution in [1.29, 1.82) is 0 Å². The normalized spacial score (nSPS) is 11.2. The van der Waals surface area contributed by atoms with Crippen molar-refractivity contribution in [1.82, 2.24) is 9.97 Å². The summed E-state index contributed by atoms with van der Waals surface area (Å²) in [6.45, 7) is 0. The minimum absolute atomic E-state index is 0.526. The number of thiazole rings is 1. The molecule has 2 aromatic heterocycles. The number of aromatic nitrogens is 2. The number of anilines is 3. The van der Waals surface area contributed by atoms with E-state index in [4.69, 9.17) is 0 Å². The molecule has 2 heterocycles. The number of rotatable bonds is 5. The van der Waals surface area contributed by atoms with Gasteiger partial charge < -0.3 is 5.32 Å². The van der Waals surface area contributed by atoms with Crippen molar-refractivity contribution < 1.29 is 8.42 Å². The molecular weight excluding hydrogens is 332 g/mol. The van der Waals surface area contributed by atoms with E-state index in [1.54, 1.807) is 18.3 Å². The third-order valence-electron chi connectivity index (χ3n) is 2.89. The fraction of sp³-hybridized carbons (Fsp3) is 0.0667. The van der Waals surface area contributed by atoms with Gasteiger partial charge in [0.25, 0.3) is 0 Å². The van der Waals surface area contributed by atoms with E-state index in [0.717, 1.165) is 28.5 Å². The highest BCUT2D eigenvalue weighted by Crippen LogP contribution is 2.27. The highest BCUT2D eigenvalue weighted by atomic mass is 32.2. The SMILES string of the molecule is CS(=O)(=O)Nc1ccc(-c2csc(Nc3ccccn3)n2)cc1. The third kappa shape index (κ3) is 4.27. The van der Waals surface area contributed by atoms with Crippen LogP contribution < -0.4 is 10.0 Å². The summed E-state index contributed by atoms with van der Waals surface area (Å²) in [7, 11) is -3.27. The minimum atomic E-state index is -3.27. The van der Waals surface area contributed by atoms with Crippen molar-refractivity contribution in [3.63, 3.8) is 0 Å². The van der Waals surface area contributed by atoms with Crippen molar-refractivity contribution in [2.75, 3.05) is 16.3 Å². The molecule has 2 N–H and O–H groups in total. The van der Waals surface area contributed by atoms with Gasteiger partial charge >= 0.3 is 0 Å². The predicted molar refractivity (Wildman–Crippen MR) is 93.5 cm³/mol. The van der Waals surface area contributed by atoms with Crippen LogP contribution in [0.5, 0.6) is 0 Å².